The lowest BCUT2D eigenvalue weighted by atomic mass is 9.83. The first kappa shape index (κ1) is 115. The highest BCUT2D eigenvalue weighted by molar-refractivity contribution is 7.90. The van der Waals surface area contributed by atoms with Gasteiger partial charge in [0.1, 0.15) is 29.7 Å². The highest BCUT2D eigenvalue weighted by Gasteiger charge is 2.37. The molecule has 0 radical (unpaired) electrons. The lowest BCUT2D eigenvalue weighted by Crippen LogP contribution is -2.56. The number of rotatable bonds is 9. The highest BCUT2D eigenvalue weighted by atomic mass is 32.2. The van der Waals surface area contributed by atoms with Crippen molar-refractivity contribution < 1.29 is 78.9 Å². The van der Waals surface area contributed by atoms with Crippen LogP contribution in [0.15, 0.2) is 30.3 Å². The van der Waals surface area contributed by atoms with Gasteiger partial charge in [-0.05, 0) is 273 Å². The van der Waals surface area contributed by atoms with E-state index in [1.165, 1.54) is 26.3 Å². The van der Waals surface area contributed by atoms with Crippen LogP contribution < -0.4 is 63.2 Å². The number of carbonyl (C=O) groups excluding carboxylic acids is 9. The second-order valence-electron chi connectivity index (χ2n) is 40.4. The Hall–Kier alpha value is -7.25. The van der Waals surface area contributed by atoms with Crippen molar-refractivity contribution >= 4 is 74.3 Å². The fourth-order valence-electron chi connectivity index (χ4n) is 7.90. The van der Waals surface area contributed by atoms with Crippen LogP contribution in [0.25, 0.3) is 0 Å². The quantitative estimate of drug-likeness (QED) is 0.0807. The topological polar surface area (TPSA) is 406 Å². The van der Waals surface area contributed by atoms with Crippen LogP contribution in [-0.4, -0.2) is 180 Å². The second kappa shape index (κ2) is 47.4. The third kappa shape index (κ3) is 89.8. The van der Waals surface area contributed by atoms with E-state index in [4.69, 9.17) is 18.9 Å². The number of esters is 1. The minimum absolute atomic E-state index is 0.00752. The van der Waals surface area contributed by atoms with Crippen molar-refractivity contribution in [2.75, 3.05) is 25.4 Å². The Labute approximate surface area is 672 Å². The molecule has 0 heterocycles. The molecule has 2 rings (SSSR count). The zero-order chi connectivity index (χ0) is 89.8. The Morgan fingerprint density at radius 3 is 1.09 bits per heavy atom. The first-order valence-corrected chi connectivity index (χ1v) is 41.5. The van der Waals surface area contributed by atoms with Gasteiger partial charge >= 0.3 is 54.4 Å². The van der Waals surface area contributed by atoms with Crippen LogP contribution in [0, 0.1) is 5.41 Å². The molecule has 1 fully saturated rings. The highest BCUT2D eigenvalue weighted by Crippen LogP contribution is 2.28. The lowest BCUT2D eigenvalue weighted by molar-refractivity contribution is -0.160. The van der Waals surface area contributed by atoms with Gasteiger partial charge in [-0.2, -0.15) is 0 Å². The molecule has 1 aromatic carbocycles. The van der Waals surface area contributed by atoms with Crippen molar-refractivity contribution in [3.63, 3.8) is 0 Å². The largest absolute Gasteiger partial charge is 0.458 e. The number of hydrogen-bond donors (Lipinski definition) is 12. The third-order valence-electron chi connectivity index (χ3n) is 11.5. The number of benzene rings is 1. The summed E-state index contributed by atoms with van der Waals surface area (Å²) in [6.45, 7) is 74.0. The number of carbonyl (C=O) groups is 9. The Balaban J connectivity index is -0.000000286. The molecular formula is C79H159N13O17S2. The van der Waals surface area contributed by atoms with E-state index >= 15 is 0 Å². The number of ether oxygens (including phenoxy) is 4. The average molecular weight is 1630 g/mol. The van der Waals surface area contributed by atoms with Gasteiger partial charge in [0.05, 0.1) is 12.4 Å². The van der Waals surface area contributed by atoms with Crippen LogP contribution in [0.1, 0.15) is 308 Å². The van der Waals surface area contributed by atoms with E-state index in [9.17, 15) is 60.0 Å². The molecule has 654 valence electrons. The fourth-order valence-corrected chi connectivity index (χ4v) is 9.11. The molecule has 1 aliphatic carbocycles. The van der Waals surface area contributed by atoms with Gasteiger partial charge in [0, 0.05) is 68.7 Å². The molecule has 111 heavy (non-hydrogen) atoms. The molecule has 12 N–H and O–H groups in total. The van der Waals surface area contributed by atoms with Gasteiger partial charge < -0.3 is 82.3 Å². The van der Waals surface area contributed by atoms with Crippen molar-refractivity contribution in [1.82, 2.24) is 68.1 Å². The van der Waals surface area contributed by atoms with E-state index < -0.39 is 60.1 Å². The van der Waals surface area contributed by atoms with Crippen LogP contribution in [0.3, 0.4) is 0 Å². The lowest BCUT2D eigenvalue weighted by Gasteiger charge is -2.35. The normalized spacial score (nSPS) is 13.6. The molecule has 1 aliphatic rings. The van der Waals surface area contributed by atoms with Gasteiger partial charge in [-0.1, -0.05) is 70.4 Å². The third-order valence-corrected chi connectivity index (χ3v) is 12.9. The van der Waals surface area contributed by atoms with Gasteiger partial charge in [0.15, 0.2) is 9.84 Å². The van der Waals surface area contributed by atoms with E-state index in [2.05, 4.69) is 65.4 Å². The fraction of sp³-hybridized carbons (Fsp3) is 0.810. The zero-order valence-corrected chi connectivity index (χ0v) is 78.3. The molecule has 0 bridgehead atoms. The number of nitrogens with one attached hydrogen (secondary N) is 12. The number of sulfone groups is 1. The Morgan fingerprint density at radius 1 is 0.432 bits per heavy atom. The van der Waals surface area contributed by atoms with Gasteiger partial charge in [-0.25, -0.2) is 64.7 Å². The van der Waals surface area contributed by atoms with Crippen LogP contribution >= 0.6 is 0 Å². The number of sulfonamides is 1. The Kier molecular flexibility index (Phi) is 49.0. The molecular weight excluding hydrogens is 1470 g/mol. The molecule has 0 aromatic heterocycles. The predicted molar refractivity (Wildman–Crippen MR) is 450 cm³/mol. The first-order chi connectivity index (χ1) is 48.5. The van der Waals surface area contributed by atoms with Crippen LogP contribution in [-0.2, 0) is 50.2 Å². The van der Waals surface area contributed by atoms with Gasteiger partial charge in [-0.15, -0.1) is 0 Å². The van der Waals surface area contributed by atoms with E-state index in [1.54, 1.807) is 46.3 Å². The number of amides is 13. The maximum Gasteiger partial charge on any atom is 0.408 e. The zero-order valence-electron chi connectivity index (χ0n) is 76.7. The van der Waals surface area contributed by atoms with Gasteiger partial charge in [0.2, 0.25) is 10.0 Å². The molecule has 0 spiro atoms. The number of alkyl carbamates (subject to hydrolysis) is 3. The van der Waals surface area contributed by atoms with Crippen molar-refractivity contribution in [2.45, 2.75) is 387 Å². The van der Waals surface area contributed by atoms with Crippen molar-refractivity contribution in [1.29, 1.82) is 0 Å². The van der Waals surface area contributed by atoms with E-state index in [0.29, 0.717) is 6.61 Å². The maximum atomic E-state index is 12.2. The summed E-state index contributed by atoms with van der Waals surface area (Å²) in [6.07, 6.45) is 6.82. The van der Waals surface area contributed by atoms with Gasteiger partial charge in [0.25, 0.3) is 0 Å². The van der Waals surface area contributed by atoms with E-state index in [-0.39, 0.29) is 104 Å². The summed E-state index contributed by atoms with van der Waals surface area (Å²) in [7, 11) is -5.17. The number of hydrogen-bond acceptors (Lipinski definition) is 17. The number of urea groups is 5. The Bertz CT molecular complexity index is 3110. The van der Waals surface area contributed by atoms with E-state index in [0.717, 1.165) is 35.8 Å². The summed E-state index contributed by atoms with van der Waals surface area (Å²) in [4.78, 5) is 104. The molecule has 30 nitrogen and oxygen atoms in total. The molecule has 0 aliphatic heterocycles. The second-order valence-corrected chi connectivity index (χ2v) is 44.2. The molecule has 1 saturated carbocycles. The van der Waals surface area contributed by atoms with Gasteiger partial charge in [-0.3, -0.25) is 0 Å². The monoisotopic (exact) mass is 1630 g/mol. The molecule has 0 unspecified atom stereocenters. The van der Waals surface area contributed by atoms with Crippen LogP contribution in [0.2, 0.25) is 0 Å². The smallest absolute Gasteiger partial charge is 0.408 e. The molecule has 1 aromatic rings. The van der Waals surface area contributed by atoms with Crippen LogP contribution in [0.5, 0.6) is 0 Å². The minimum atomic E-state index is -3.46. The predicted octanol–water partition coefficient (Wildman–Crippen LogP) is 14.9. The summed E-state index contributed by atoms with van der Waals surface area (Å²) in [5.74, 6) is -0.691. The maximum absolute atomic E-state index is 12.2. The molecule has 13 amide bonds. The summed E-state index contributed by atoms with van der Waals surface area (Å²) < 4.78 is 65.1. The van der Waals surface area contributed by atoms with Crippen molar-refractivity contribution in [3.8, 4) is 0 Å². The molecule has 1 atom stereocenters. The summed E-state index contributed by atoms with van der Waals surface area (Å²) in [5, 5.41) is 30.4. The summed E-state index contributed by atoms with van der Waals surface area (Å²) >= 11 is 0. The van der Waals surface area contributed by atoms with E-state index in [1.807, 2.05) is 252 Å². The first-order valence-electron chi connectivity index (χ1n) is 37.5. The SMILES string of the molecule is CC(C)(C)NC(=O)NC(C)(C)C.CC(C)(C)NC(=O)NC1(C)CCCCC1.CC(C)(C)NC(=O)NS(C)(=O)=O.CC(C)(C)NC(=O)N[C@@H](C(=O)OC(C)(C)C)C(C)(C)C.CC(C)(C)NC(=O)OC(C)(C)C.CC(C)(C)NC(=O)OCc1ccccc1.CC(C)OC(=O)NC(C)(C)C.CN(CS(C)(=O)=O)C(=O)NC(C)(C)C. The van der Waals surface area contributed by atoms with Crippen molar-refractivity contribution in [3.05, 3.63) is 35.9 Å². The Morgan fingerprint density at radius 2 is 0.766 bits per heavy atom. The molecule has 32 heteroatoms. The average Bonchev–Trinajstić information content (AvgIpc) is 0.841. The summed E-state index contributed by atoms with van der Waals surface area (Å²) in [5.41, 5.74) is -2.80. The minimum Gasteiger partial charge on any atom is -0.458 e. The standard InChI is InChI=1S/C15H30N2O3.C12H24N2O.C12H17NO2.C9H20N2O.C9H19NO2.C8H18N2O3S.C8H17NO2.C6H14N2O3S/c1-13(2,3)10(11(18)20-15(7,8)9)16-12(19)17-14(4,5)6;1-11(2,3)13-10(15)14-12(4)8-6-5-7-9-12;1-12(2,3)13-11(14)15-9-10-7-5-4-6-8-10;1-8(2,3)10-7(12)11-9(4,5)6;1-8(2,3)10-7(11)12-9(4,5)6;1-8(2,3)9-7(11)10(4)6-14(5,12)13;1-6(2)11-7(10)9-8(3,4)5;1-6(2,3)7-5(9)8-12(4,10)11/h10H,1-9H3,(H2,16,17,19);5-9H2,1-4H3,(H2,13,14,15);4-8H,9H2,1-3H3,(H,13,14);1-6H3,(H2,10,11,12);1-6H3,(H,10,11);6H2,1-5H3,(H,9,11);6H,1-5H3,(H,9,10);1-4H3,(H2,7,8,9)/t10-;;;;;;;/m0......./s1. The number of nitrogens with zero attached hydrogens (tertiary/aromatic N) is 1. The summed E-state index contributed by atoms with van der Waals surface area (Å²) in [6, 6.07) is 7.29. The van der Waals surface area contributed by atoms with Crippen LogP contribution in [0.4, 0.5) is 38.4 Å². The molecule has 0 saturated heterocycles. The van der Waals surface area contributed by atoms with Crippen molar-refractivity contribution in [2.24, 2.45) is 5.41 Å².